The van der Waals surface area contributed by atoms with Gasteiger partial charge in [0.25, 0.3) is 5.69 Å². The third-order valence-corrected chi connectivity index (χ3v) is 1.81. The van der Waals surface area contributed by atoms with E-state index in [1.54, 1.807) is 12.1 Å². The highest BCUT2D eigenvalue weighted by molar-refractivity contribution is 6.65. The minimum Gasteiger partial charge on any atom is -0.410 e. The molecule has 0 heterocycles. The van der Waals surface area contributed by atoms with Crippen molar-refractivity contribution in [3.05, 3.63) is 39.9 Å². The first kappa shape index (κ1) is 10.5. The van der Waals surface area contributed by atoms with E-state index in [1.807, 2.05) is 0 Å². The summed E-state index contributed by atoms with van der Waals surface area (Å²) in [5, 5.41) is 21.4. The molecule has 0 fully saturated rings. The Morgan fingerprint density at radius 3 is 2.50 bits per heavy atom. The van der Waals surface area contributed by atoms with Crippen LogP contribution >= 0.6 is 11.6 Å². The van der Waals surface area contributed by atoms with Gasteiger partial charge in [-0.3, -0.25) is 10.1 Å². The lowest BCUT2D eigenvalue weighted by Gasteiger charge is -1.97. The molecule has 74 valence electrons. The molecule has 0 radical (unpaired) electrons. The van der Waals surface area contributed by atoms with E-state index >= 15 is 0 Å². The Labute approximate surface area is 84.8 Å². The van der Waals surface area contributed by atoms with Crippen molar-refractivity contribution in [2.24, 2.45) is 5.16 Å². The van der Waals surface area contributed by atoms with Gasteiger partial charge < -0.3 is 5.21 Å². The van der Waals surface area contributed by atoms with Gasteiger partial charge in [0.1, 0.15) is 5.17 Å². The summed E-state index contributed by atoms with van der Waals surface area (Å²) in [5.41, 5.74) is 0.768. The van der Waals surface area contributed by atoms with Crippen LogP contribution in [0, 0.1) is 10.1 Å². The molecule has 1 N–H and O–H groups in total. The second kappa shape index (κ2) is 4.57. The van der Waals surface area contributed by atoms with Crippen molar-refractivity contribution in [3.63, 3.8) is 0 Å². The molecule has 0 amide bonds. The van der Waals surface area contributed by atoms with Crippen LogP contribution in [0.2, 0.25) is 0 Å². The molecule has 5 nitrogen and oxygen atoms in total. The molecule has 0 spiro atoms. The van der Waals surface area contributed by atoms with Gasteiger partial charge in [0.05, 0.1) is 4.92 Å². The Hall–Kier alpha value is -1.62. The molecule has 0 aliphatic carbocycles. The lowest BCUT2D eigenvalue weighted by Crippen LogP contribution is -1.95. The number of non-ortho nitro benzene ring substituents is 1. The van der Waals surface area contributed by atoms with Gasteiger partial charge in [0.15, 0.2) is 0 Å². The number of hydrogen-bond donors (Lipinski definition) is 1. The van der Waals surface area contributed by atoms with Crippen molar-refractivity contribution < 1.29 is 10.1 Å². The molecule has 0 aromatic heterocycles. The van der Waals surface area contributed by atoms with Crippen LogP contribution in [0.3, 0.4) is 0 Å². The fourth-order valence-corrected chi connectivity index (χ4v) is 1.09. The summed E-state index contributed by atoms with van der Waals surface area (Å²) >= 11 is 5.47. The summed E-state index contributed by atoms with van der Waals surface area (Å²) in [6.07, 6.45) is 0.260. The zero-order valence-electron chi connectivity index (χ0n) is 7.05. The predicted molar refractivity (Wildman–Crippen MR) is 51.9 cm³/mol. The van der Waals surface area contributed by atoms with E-state index in [2.05, 4.69) is 5.16 Å². The van der Waals surface area contributed by atoms with Crippen molar-refractivity contribution in [2.75, 3.05) is 0 Å². The maximum absolute atomic E-state index is 10.3. The molecule has 0 bridgehead atoms. The molecule has 0 unspecified atom stereocenters. The highest BCUT2D eigenvalue weighted by Gasteiger charge is 2.04. The maximum Gasteiger partial charge on any atom is 0.269 e. The van der Waals surface area contributed by atoms with Crippen molar-refractivity contribution in [1.29, 1.82) is 0 Å². The maximum atomic E-state index is 10.3. The average Bonchev–Trinajstić information content (AvgIpc) is 2.18. The fraction of sp³-hybridized carbons (Fsp3) is 0.125. The van der Waals surface area contributed by atoms with E-state index in [4.69, 9.17) is 16.8 Å². The van der Waals surface area contributed by atoms with Gasteiger partial charge in [0, 0.05) is 18.6 Å². The third kappa shape index (κ3) is 2.70. The van der Waals surface area contributed by atoms with Crippen LogP contribution < -0.4 is 0 Å². The third-order valence-electron chi connectivity index (χ3n) is 1.61. The highest BCUT2D eigenvalue weighted by atomic mass is 35.5. The van der Waals surface area contributed by atoms with Crippen LogP contribution in [-0.4, -0.2) is 15.3 Å². The quantitative estimate of drug-likeness (QED) is 0.363. The normalized spacial score (nSPS) is 11.4. The van der Waals surface area contributed by atoms with Crippen LogP contribution in [0.1, 0.15) is 5.56 Å². The van der Waals surface area contributed by atoms with E-state index in [0.717, 1.165) is 5.56 Å². The van der Waals surface area contributed by atoms with Gasteiger partial charge >= 0.3 is 0 Å². The number of nitro benzene ring substituents is 1. The minimum absolute atomic E-state index is 0.0193. The average molecular weight is 215 g/mol. The van der Waals surface area contributed by atoms with Crippen molar-refractivity contribution in [3.8, 4) is 0 Å². The largest absolute Gasteiger partial charge is 0.410 e. The molecular formula is C8H7ClN2O3. The van der Waals surface area contributed by atoms with Crippen LogP contribution in [0.25, 0.3) is 0 Å². The molecule has 0 saturated heterocycles. The molecule has 14 heavy (non-hydrogen) atoms. The van der Waals surface area contributed by atoms with Gasteiger partial charge in [0.2, 0.25) is 0 Å². The summed E-state index contributed by atoms with van der Waals surface area (Å²) in [5.74, 6) is 0. The van der Waals surface area contributed by atoms with E-state index in [0.29, 0.717) is 0 Å². The first-order valence-electron chi connectivity index (χ1n) is 3.73. The number of nitrogens with zero attached hydrogens (tertiary/aromatic N) is 2. The Kier molecular flexibility index (Phi) is 3.41. The van der Waals surface area contributed by atoms with Gasteiger partial charge in [-0.25, -0.2) is 0 Å². The van der Waals surface area contributed by atoms with E-state index < -0.39 is 4.92 Å². The zero-order valence-corrected chi connectivity index (χ0v) is 7.81. The highest BCUT2D eigenvalue weighted by Crippen LogP contribution is 2.12. The summed E-state index contributed by atoms with van der Waals surface area (Å²) in [4.78, 5) is 9.83. The lowest BCUT2D eigenvalue weighted by molar-refractivity contribution is -0.384. The van der Waals surface area contributed by atoms with Crippen LogP contribution in [0.4, 0.5) is 5.69 Å². The van der Waals surface area contributed by atoms with Crippen molar-refractivity contribution in [1.82, 2.24) is 0 Å². The molecular weight excluding hydrogens is 208 g/mol. The van der Waals surface area contributed by atoms with Gasteiger partial charge in [-0.1, -0.05) is 28.9 Å². The Morgan fingerprint density at radius 2 is 2.07 bits per heavy atom. The predicted octanol–water partition coefficient (Wildman–Crippen LogP) is 2.16. The van der Waals surface area contributed by atoms with Gasteiger partial charge in [-0.2, -0.15) is 0 Å². The van der Waals surface area contributed by atoms with E-state index in [-0.39, 0.29) is 17.3 Å². The van der Waals surface area contributed by atoms with Gasteiger partial charge in [-0.05, 0) is 5.56 Å². The molecule has 1 aromatic carbocycles. The monoisotopic (exact) mass is 214 g/mol. The van der Waals surface area contributed by atoms with E-state index in [1.165, 1.54) is 12.1 Å². The minimum atomic E-state index is -0.481. The molecule has 1 rings (SSSR count). The second-order valence-electron chi connectivity index (χ2n) is 2.58. The van der Waals surface area contributed by atoms with Crippen LogP contribution in [0.5, 0.6) is 0 Å². The standard InChI is InChI=1S/C8H7ClN2O3/c9-8(10-12)5-6-1-3-7(4-2-6)11(13)14/h1-4,12H,5H2. The Balaban J connectivity index is 2.79. The number of nitro groups is 1. The summed E-state index contributed by atoms with van der Waals surface area (Å²) < 4.78 is 0. The molecule has 0 saturated carbocycles. The van der Waals surface area contributed by atoms with Crippen molar-refractivity contribution >= 4 is 22.5 Å². The Bertz CT molecular complexity index is 361. The smallest absolute Gasteiger partial charge is 0.269 e. The van der Waals surface area contributed by atoms with Crippen LogP contribution in [-0.2, 0) is 6.42 Å². The summed E-state index contributed by atoms with van der Waals surface area (Å²) in [6.45, 7) is 0. The van der Waals surface area contributed by atoms with Crippen molar-refractivity contribution in [2.45, 2.75) is 6.42 Å². The number of rotatable bonds is 3. The van der Waals surface area contributed by atoms with E-state index in [9.17, 15) is 10.1 Å². The lowest BCUT2D eigenvalue weighted by atomic mass is 10.1. The first-order chi connectivity index (χ1) is 6.63. The number of hydrogen-bond acceptors (Lipinski definition) is 4. The zero-order chi connectivity index (χ0) is 10.6. The summed E-state index contributed by atoms with van der Waals surface area (Å²) in [6, 6.07) is 5.87. The first-order valence-corrected chi connectivity index (χ1v) is 4.11. The molecule has 1 aromatic rings. The summed E-state index contributed by atoms with van der Waals surface area (Å²) in [7, 11) is 0. The molecule has 0 atom stereocenters. The number of oxime groups is 1. The van der Waals surface area contributed by atoms with Gasteiger partial charge in [-0.15, -0.1) is 0 Å². The van der Waals surface area contributed by atoms with Crippen LogP contribution in [0.15, 0.2) is 29.4 Å². The fourth-order valence-electron chi connectivity index (χ4n) is 0.939. The molecule has 6 heteroatoms. The molecule has 0 aliphatic rings. The second-order valence-corrected chi connectivity index (χ2v) is 3.01. The Morgan fingerprint density at radius 1 is 1.50 bits per heavy atom. The number of halogens is 1. The molecule has 0 aliphatic heterocycles. The topological polar surface area (TPSA) is 75.7 Å². The SMILES string of the molecule is O=[N+]([O-])c1ccc(CC(Cl)=NO)cc1. The number of benzene rings is 1.